The first-order valence-electron chi connectivity index (χ1n) is 7.31. The van der Waals surface area contributed by atoms with Crippen LogP contribution in [-0.2, 0) is 11.4 Å². The lowest BCUT2D eigenvalue weighted by Crippen LogP contribution is -2.19. The van der Waals surface area contributed by atoms with E-state index in [1.807, 2.05) is 42.5 Å². The molecule has 1 aliphatic rings. The van der Waals surface area contributed by atoms with E-state index < -0.39 is 0 Å². The molecular weight excluding hydrogens is 470 g/mol. The van der Waals surface area contributed by atoms with E-state index in [9.17, 15) is 4.79 Å². The maximum Gasteiger partial charge on any atom is 0.236 e. The SMILES string of the molecule is O=C1CSC(=NN=Cc2cc(Br)cc(Br)c2OCc2ccccc2)N1. The average molecular weight is 483 g/mol. The number of halogens is 2. The Morgan fingerprint density at radius 2 is 2.04 bits per heavy atom. The van der Waals surface area contributed by atoms with Crippen molar-refractivity contribution in [2.45, 2.75) is 6.61 Å². The first kappa shape index (κ1) is 18.2. The van der Waals surface area contributed by atoms with Crippen molar-refractivity contribution >= 4 is 60.9 Å². The third-order valence-electron chi connectivity index (χ3n) is 3.19. The molecule has 0 bridgehead atoms. The molecule has 0 saturated carbocycles. The van der Waals surface area contributed by atoms with Crippen LogP contribution < -0.4 is 10.1 Å². The smallest absolute Gasteiger partial charge is 0.236 e. The molecule has 1 saturated heterocycles. The van der Waals surface area contributed by atoms with E-state index >= 15 is 0 Å². The molecule has 0 radical (unpaired) electrons. The Bertz CT molecular complexity index is 841. The summed E-state index contributed by atoms with van der Waals surface area (Å²) in [6, 6.07) is 13.7. The second-order valence-electron chi connectivity index (χ2n) is 5.07. The fourth-order valence-electron chi connectivity index (χ4n) is 2.08. The number of carbonyl (C=O) groups is 1. The molecule has 0 aromatic heterocycles. The molecule has 1 aliphatic heterocycles. The highest BCUT2D eigenvalue weighted by molar-refractivity contribution is 9.11. The standard InChI is InChI=1S/C17H13Br2N3O2S/c18-13-6-12(8-20-22-17-21-15(23)10-25-17)16(14(19)7-13)24-9-11-4-2-1-3-5-11/h1-8H,9-10H2,(H,21,22,23). The average Bonchev–Trinajstić information content (AvgIpc) is 3.00. The molecule has 2 aromatic rings. The van der Waals surface area contributed by atoms with Crippen molar-refractivity contribution in [3.63, 3.8) is 0 Å². The van der Waals surface area contributed by atoms with Gasteiger partial charge in [0.05, 0.1) is 16.4 Å². The summed E-state index contributed by atoms with van der Waals surface area (Å²) < 4.78 is 7.67. The lowest BCUT2D eigenvalue weighted by atomic mass is 10.2. The van der Waals surface area contributed by atoms with E-state index in [0.29, 0.717) is 23.3 Å². The Labute approximate surface area is 166 Å². The van der Waals surface area contributed by atoms with Gasteiger partial charge in [0.1, 0.15) is 12.4 Å². The lowest BCUT2D eigenvalue weighted by molar-refractivity contribution is -0.116. The number of nitrogens with zero attached hydrogens (tertiary/aromatic N) is 2. The Hall–Kier alpha value is -1.64. The molecule has 1 heterocycles. The maximum atomic E-state index is 11.2. The quantitative estimate of drug-likeness (QED) is 0.509. The zero-order valence-electron chi connectivity index (χ0n) is 12.9. The molecule has 3 rings (SSSR count). The van der Waals surface area contributed by atoms with Crippen molar-refractivity contribution in [3.05, 3.63) is 62.5 Å². The summed E-state index contributed by atoms with van der Waals surface area (Å²) in [5, 5.41) is 11.2. The molecule has 0 atom stereocenters. The van der Waals surface area contributed by atoms with Crippen molar-refractivity contribution < 1.29 is 9.53 Å². The molecule has 5 nitrogen and oxygen atoms in total. The van der Waals surface area contributed by atoms with Gasteiger partial charge in [-0.25, -0.2) is 0 Å². The molecule has 0 aliphatic carbocycles. The predicted molar refractivity (Wildman–Crippen MR) is 108 cm³/mol. The number of hydrogen-bond acceptors (Lipinski definition) is 5. The number of thioether (sulfide) groups is 1. The van der Waals surface area contributed by atoms with Crippen LogP contribution in [0.4, 0.5) is 0 Å². The normalized spacial score (nSPS) is 15.8. The third-order valence-corrected chi connectivity index (χ3v) is 5.11. The number of carbonyl (C=O) groups excluding carboxylic acids is 1. The predicted octanol–water partition coefficient (Wildman–Crippen LogP) is 4.34. The van der Waals surface area contributed by atoms with Crippen LogP contribution in [0.1, 0.15) is 11.1 Å². The van der Waals surface area contributed by atoms with E-state index in [2.05, 4.69) is 47.4 Å². The highest BCUT2D eigenvalue weighted by Crippen LogP contribution is 2.32. The summed E-state index contributed by atoms with van der Waals surface area (Å²) in [4.78, 5) is 11.2. The van der Waals surface area contributed by atoms with Crippen LogP contribution in [0.25, 0.3) is 0 Å². The van der Waals surface area contributed by atoms with Crippen LogP contribution >= 0.6 is 43.6 Å². The zero-order valence-corrected chi connectivity index (χ0v) is 16.9. The van der Waals surface area contributed by atoms with Gasteiger partial charge < -0.3 is 10.1 Å². The number of amides is 1. The van der Waals surface area contributed by atoms with Crippen molar-refractivity contribution in [3.8, 4) is 5.75 Å². The van der Waals surface area contributed by atoms with E-state index in [1.54, 1.807) is 6.21 Å². The second-order valence-corrected chi connectivity index (χ2v) is 7.80. The van der Waals surface area contributed by atoms with Crippen LogP contribution in [0.15, 0.2) is 61.6 Å². The fraction of sp³-hybridized carbons (Fsp3) is 0.118. The molecule has 1 N–H and O–H groups in total. The van der Waals surface area contributed by atoms with Gasteiger partial charge in [-0.15, -0.1) is 5.10 Å². The number of benzene rings is 2. The number of ether oxygens (including phenoxy) is 1. The molecular formula is C17H13Br2N3O2S. The van der Waals surface area contributed by atoms with Gasteiger partial charge >= 0.3 is 0 Å². The molecule has 1 amide bonds. The van der Waals surface area contributed by atoms with Crippen molar-refractivity contribution in [2.75, 3.05) is 5.75 Å². The van der Waals surface area contributed by atoms with Crippen molar-refractivity contribution in [1.29, 1.82) is 0 Å². The van der Waals surface area contributed by atoms with Gasteiger partial charge in [-0.2, -0.15) is 5.10 Å². The molecule has 0 spiro atoms. The van der Waals surface area contributed by atoms with Crippen LogP contribution in [0.2, 0.25) is 0 Å². The highest BCUT2D eigenvalue weighted by atomic mass is 79.9. The molecule has 0 unspecified atom stereocenters. The Kier molecular flexibility index (Phi) is 6.28. The molecule has 2 aromatic carbocycles. The van der Waals surface area contributed by atoms with E-state index in [1.165, 1.54) is 11.8 Å². The largest absolute Gasteiger partial charge is 0.487 e. The van der Waals surface area contributed by atoms with Crippen molar-refractivity contribution in [1.82, 2.24) is 5.32 Å². The monoisotopic (exact) mass is 481 g/mol. The third kappa shape index (κ3) is 5.17. The maximum absolute atomic E-state index is 11.2. The summed E-state index contributed by atoms with van der Waals surface area (Å²) >= 11 is 8.32. The summed E-state index contributed by atoms with van der Waals surface area (Å²) in [7, 11) is 0. The number of amidine groups is 1. The van der Waals surface area contributed by atoms with Gasteiger partial charge in [0, 0.05) is 10.0 Å². The van der Waals surface area contributed by atoms with Gasteiger partial charge in [-0.3, -0.25) is 4.79 Å². The lowest BCUT2D eigenvalue weighted by Gasteiger charge is -2.11. The topological polar surface area (TPSA) is 63.0 Å². The number of rotatable bonds is 5. The Morgan fingerprint density at radius 1 is 1.24 bits per heavy atom. The van der Waals surface area contributed by atoms with Gasteiger partial charge in [0.15, 0.2) is 5.17 Å². The van der Waals surface area contributed by atoms with Crippen LogP contribution in [0, 0.1) is 0 Å². The minimum atomic E-state index is -0.0592. The number of nitrogens with one attached hydrogen (secondary N) is 1. The first-order valence-corrected chi connectivity index (χ1v) is 9.88. The van der Waals surface area contributed by atoms with Crippen LogP contribution in [0.3, 0.4) is 0 Å². The Balaban J connectivity index is 1.79. The van der Waals surface area contributed by atoms with E-state index in [4.69, 9.17) is 4.74 Å². The minimum absolute atomic E-state index is 0.0592. The highest BCUT2D eigenvalue weighted by Gasteiger charge is 2.16. The second kappa shape index (κ2) is 8.64. The Morgan fingerprint density at radius 3 is 2.76 bits per heavy atom. The summed E-state index contributed by atoms with van der Waals surface area (Å²) in [5.41, 5.74) is 1.85. The van der Waals surface area contributed by atoms with Crippen molar-refractivity contribution in [2.24, 2.45) is 10.2 Å². The molecule has 8 heteroatoms. The fourth-order valence-corrected chi connectivity index (χ4v) is 4.08. The molecule has 128 valence electrons. The van der Waals surface area contributed by atoms with Gasteiger partial charge in [0.2, 0.25) is 5.91 Å². The van der Waals surface area contributed by atoms with Crippen LogP contribution in [-0.4, -0.2) is 23.0 Å². The molecule has 25 heavy (non-hydrogen) atoms. The minimum Gasteiger partial charge on any atom is -0.487 e. The number of hydrogen-bond donors (Lipinski definition) is 1. The van der Waals surface area contributed by atoms with Crippen LogP contribution in [0.5, 0.6) is 5.75 Å². The zero-order chi connectivity index (χ0) is 17.6. The van der Waals surface area contributed by atoms with E-state index in [-0.39, 0.29) is 5.91 Å². The van der Waals surface area contributed by atoms with Gasteiger partial charge in [-0.05, 0) is 33.6 Å². The van der Waals surface area contributed by atoms with E-state index in [0.717, 1.165) is 20.1 Å². The summed E-state index contributed by atoms with van der Waals surface area (Å²) in [6.07, 6.45) is 1.61. The first-order chi connectivity index (χ1) is 12.1. The summed E-state index contributed by atoms with van der Waals surface area (Å²) in [5.74, 6) is 0.998. The van der Waals surface area contributed by atoms with Gasteiger partial charge in [-0.1, -0.05) is 58.0 Å². The summed E-state index contributed by atoms with van der Waals surface area (Å²) in [6.45, 7) is 0.447. The molecule has 1 fully saturated rings. The van der Waals surface area contributed by atoms with Gasteiger partial charge in [0.25, 0.3) is 0 Å².